The Labute approximate surface area is 91.6 Å². The van der Waals surface area contributed by atoms with E-state index in [1.54, 1.807) is 0 Å². The van der Waals surface area contributed by atoms with E-state index in [9.17, 15) is 0 Å². The van der Waals surface area contributed by atoms with Crippen LogP contribution >= 0.6 is 12.2 Å². The van der Waals surface area contributed by atoms with Crippen molar-refractivity contribution in [3.8, 4) is 0 Å². The molecule has 2 aliphatic rings. The Kier molecular flexibility index (Phi) is 3.40. The summed E-state index contributed by atoms with van der Waals surface area (Å²) in [5, 5.41) is 0. The zero-order chi connectivity index (χ0) is 9.80. The van der Waals surface area contributed by atoms with Crippen molar-refractivity contribution in [3.63, 3.8) is 0 Å². The van der Waals surface area contributed by atoms with E-state index in [-0.39, 0.29) is 0 Å². The quantitative estimate of drug-likeness (QED) is 0.508. The van der Waals surface area contributed by atoms with Gasteiger partial charge in [0, 0.05) is 32.4 Å². The third-order valence-electron chi connectivity index (χ3n) is 2.99. The highest BCUT2D eigenvalue weighted by Crippen LogP contribution is 2.11. The van der Waals surface area contributed by atoms with Crippen LogP contribution in [0.5, 0.6) is 0 Å². The summed E-state index contributed by atoms with van der Waals surface area (Å²) in [5.74, 6) is 0. The molecule has 0 unspecified atom stereocenters. The lowest BCUT2D eigenvalue weighted by atomic mass is 10.4. The van der Waals surface area contributed by atoms with Crippen LogP contribution in [0, 0.1) is 0 Å². The lowest BCUT2D eigenvalue weighted by molar-refractivity contribution is 0.467. The zero-order valence-corrected chi connectivity index (χ0v) is 9.43. The number of likely N-dealkylation sites (tertiary alicyclic amines) is 2. The second-order valence-electron chi connectivity index (χ2n) is 4.09. The van der Waals surface area contributed by atoms with Gasteiger partial charge in [-0.3, -0.25) is 0 Å². The molecule has 2 heterocycles. The molecule has 2 nitrogen and oxygen atoms in total. The van der Waals surface area contributed by atoms with Gasteiger partial charge >= 0.3 is 0 Å². The van der Waals surface area contributed by atoms with Gasteiger partial charge in [-0.2, -0.15) is 0 Å². The predicted octanol–water partition coefficient (Wildman–Crippen LogP) is 2.02. The molecule has 0 amide bonds. The van der Waals surface area contributed by atoms with Crippen LogP contribution in [0.4, 0.5) is 0 Å². The van der Waals surface area contributed by atoms with Gasteiger partial charge in [0.25, 0.3) is 0 Å². The van der Waals surface area contributed by atoms with Gasteiger partial charge in [0.1, 0.15) is 4.99 Å². The molecule has 2 aliphatic heterocycles. The van der Waals surface area contributed by atoms with E-state index in [4.69, 9.17) is 12.2 Å². The highest BCUT2D eigenvalue weighted by molar-refractivity contribution is 7.80. The van der Waals surface area contributed by atoms with E-state index in [0.717, 1.165) is 18.1 Å². The first-order valence-electron chi connectivity index (χ1n) is 5.57. The second-order valence-corrected chi connectivity index (χ2v) is 4.51. The van der Waals surface area contributed by atoms with Crippen molar-refractivity contribution in [1.82, 2.24) is 9.80 Å². The summed E-state index contributed by atoms with van der Waals surface area (Å²) in [6.45, 7) is 4.73. The number of thiocarbonyl (C=S) groups is 1. The standard InChI is InChI=1S/C11H18N2S/c14-11(13-8-3-4-9-13)5-10-12-6-1-2-7-12/h5,10H,1-4,6-9H2. The molecule has 0 aromatic heterocycles. The Morgan fingerprint density at radius 3 is 2.14 bits per heavy atom. The average Bonchev–Trinajstić information content (AvgIpc) is 2.87. The van der Waals surface area contributed by atoms with Crippen LogP contribution in [0.3, 0.4) is 0 Å². The van der Waals surface area contributed by atoms with Crippen molar-refractivity contribution in [2.75, 3.05) is 26.2 Å². The van der Waals surface area contributed by atoms with Crippen molar-refractivity contribution in [2.45, 2.75) is 25.7 Å². The summed E-state index contributed by atoms with van der Waals surface area (Å²) in [6, 6.07) is 0. The normalized spacial score (nSPS) is 22.6. The molecule has 0 atom stereocenters. The fourth-order valence-corrected chi connectivity index (χ4v) is 2.35. The predicted molar refractivity (Wildman–Crippen MR) is 63.4 cm³/mol. The Hall–Kier alpha value is -0.570. The van der Waals surface area contributed by atoms with Gasteiger partial charge in [0.05, 0.1) is 0 Å². The molecule has 0 bridgehead atoms. The Balaban J connectivity index is 1.80. The molecule has 2 fully saturated rings. The van der Waals surface area contributed by atoms with Crippen molar-refractivity contribution >= 4 is 17.2 Å². The van der Waals surface area contributed by atoms with E-state index in [0.29, 0.717) is 0 Å². The number of nitrogens with zero attached hydrogens (tertiary/aromatic N) is 2. The van der Waals surface area contributed by atoms with Crippen LogP contribution < -0.4 is 0 Å². The maximum absolute atomic E-state index is 5.36. The van der Waals surface area contributed by atoms with Crippen LogP contribution in [0.25, 0.3) is 0 Å². The minimum absolute atomic E-state index is 1.02. The molecule has 0 aromatic rings. The number of rotatable bonds is 2. The smallest absolute Gasteiger partial charge is 0.103 e. The van der Waals surface area contributed by atoms with Gasteiger partial charge in [0.15, 0.2) is 0 Å². The molecular weight excluding hydrogens is 192 g/mol. The minimum Gasteiger partial charge on any atom is -0.377 e. The SMILES string of the molecule is S=C(C=CN1CCCC1)N1CCCC1. The molecule has 0 aliphatic carbocycles. The molecule has 0 spiro atoms. The zero-order valence-electron chi connectivity index (χ0n) is 8.61. The fraction of sp³-hybridized carbons (Fsp3) is 0.727. The first-order valence-corrected chi connectivity index (χ1v) is 5.98. The molecule has 2 saturated heterocycles. The van der Waals surface area contributed by atoms with Crippen molar-refractivity contribution in [3.05, 3.63) is 12.3 Å². The fourth-order valence-electron chi connectivity index (χ4n) is 2.10. The number of hydrogen-bond donors (Lipinski definition) is 0. The lowest BCUT2D eigenvalue weighted by Gasteiger charge is -2.17. The van der Waals surface area contributed by atoms with E-state index in [2.05, 4.69) is 22.1 Å². The van der Waals surface area contributed by atoms with Crippen LogP contribution in [-0.4, -0.2) is 41.0 Å². The highest BCUT2D eigenvalue weighted by Gasteiger charge is 2.13. The minimum atomic E-state index is 1.02. The van der Waals surface area contributed by atoms with E-state index in [1.807, 2.05) is 0 Å². The van der Waals surface area contributed by atoms with Crippen molar-refractivity contribution in [2.24, 2.45) is 0 Å². The van der Waals surface area contributed by atoms with Gasteiger partial charge in [-0.15, -0.1) is 0 Å². The third-order valence-corrected chi connectivity index (χ3v) is 3.38. The molecule has 3 heteroatoms. The summed E-state index contributed by atoms with van der Waals surface area (Å²) < 4.78 is 0. The molecule has 14 heavy (non-hydrogen) atoms. The molecule has 2 rings (SSSR count). The maximum Gasteiger partial charge on any atom is 0.103 e. The summed E-state index contributed by atoms with van der Waals surface area (Å²) >= 11 is 5.36. The van der Waals surface area contributed by atoms with E-state index < -0.39 is 0 Å². The largest absolute Gasteiger partial charge is 0.377 e. The Morgan fingerprint density at radius 1 is 0.929 bits per heavy atom. The third kappa shape index (κ3) is 2.47. The summed E-state index contributed by atoms with van der Waals surface area (Å²) in [4.78, 5) is 5.69. The highest BCUT2D eigenvalue weighted by atomic mass is 32.1. The summed E-state index contributed by atoms with van der Waals surface area (Å²) in [5.41, 5.74) is 0. The van der Waals surface area contributed by atoms with Crippen molar-refractivity contribution < 1.29 is 0 Å². The average molecular weight is 210 g/mol. The molecule has 0 aromatic carbocycles. The first kappa shape index (κ1) is 9.97. The van der Waals surface area contributed by atoms with Gasteiger partial charge in [-0.05, 0) is 31.8 Å². The second kappa shape index (κ2) is 4.78. The van der Waals surface area contributed by atoms with Gasteiger partial charge in [-0.1, -0.05) is 12.2 Å². The van der Waals surface area contributed by atoms with Gasteiger partial charge in [0.2, 0.25) is 0 Å². The molecule has 0 radical (unpaired) electrons. The van der Waals surface area contributed by atoms with Crippen LogP contribution in [-0.2, 0) is 0 Å². The molecule has 78 valence electrons. The maximum atomic E-state index is 5.36. The van der Waals surface area contributed by atoms with E-state index in [1.165, 1.54) is 38.8 Å². The lowest BCUT2D eigenvalue weighted by Crippen LogP contribution is -2.24. The van der Waals surface area contributed by atoms with Crippen LogP contribution in [0.2, 0.25) is 0 Å². The monoisotopic (exact) mass is 210 g/mol. The molecule has 0 saturated carbocycles. The van der Waals surface area contributed by atoms with E-state index >= 15 is 0 Å². The van der Waals surface area contributed by atoms with Crippen molar-refractivity contribution in [1.29, 1.82) is 0 Å². The summed E-state index contributed by atoms with van der Waals surface area (Å²) in [7, 11) is 0. The summed E-state index contributed by atoms with van der Waals surface area (Å²) in [6.07, 6.45) is 9.55. The molecular formula is C11H18N2S. The van der Waals surface area contributed by atoms with Crippen LogP contribution in [0.1, 0.15) is 25.7 Å². The van der Waals surface area contributed by atoms with Crippen LogP contribution in [0.15, 0.2) is 12.3 Å². The Morgan fingerprint density at radius 2 is 1.50 bits per heavy atom. The topological polar surface area (TPSA) is 6.48 Å². The molecule has 0 N–H and O–H groups in total. The van der Waals surface area contributed by atoms with Gasteiger partial charge in [-0.25, -0.2) is 0 Å². The number of hydrogen-bond acceptors (Lipinski definition) is 2. The Bertz CT molecular complexity index is 225. The van der Waals surface area contributed by atoms with Gasteiger partial charge < -0.3 is 9.80 Å². The first-order chi connectivity index (χ1) is 6.86.